The molecule has 1 saturated heterocycles. The second-order valence-corrected chi connectivity index (χ2v) is 7.45. The van der Waals surface area contributed by atoms with E-state index in [-0.39, 0.29) is 5.91 Å². The van der Waals surface area contributed by atoms with Crippen LogP contribution in [-0.2, 0) is 4.79 Å². The number of benzene rings is 1. The maximum absolute atomic E-state index is 12.2. The van der Waals surface area contributed by atoms with Crippen LogP contribution in [0, 0.1) is 5.92 Å². The largest absolute Gasteiger partial charge is 0.325 e. The molecule has 6 heteroatoms. The normalized spacial score (nSPS) is 20.3. The van der Waals surface area contributed by atoms with Gasteiger partial charge in [-0.2, -0.15) is 0 Å². The predicted octanol–water partition coefficient (Wildman–Crippen LogP) is 3.35. The molecule has 3 rings (SSSR count). The van der Waals surface area contributed by atoms with Crippen LogP contribution in [0.4, 0.5) is 5.69 Å². The van der Waals surface area contributed by atoms with Crippen LogP contribution in [0.2, 0.25) is 10.0 Å². The molecule has 1 aromatic carbocycles. The fourth-order valence-corrected chi connectivity index (χ4v) is 3.59. The van der Waals surface area contributed by atoms with E-state index in [9.17, 15) is 4.79 Å². The highest BCUT2D eigenvalue weighted by molar-refractivity contribution is 6.35. The molecule has 2 fully saturated rings. The van der Waals surface area contributed by atoms with Gasteiger partial charge in [0.05, 0.1) is 6.54 Å². The number of rotatable bonds is 5. The number of halogens is 2. The minimum Gasteiger partial charge on any atom is -0.325 e. The monoisotopic (exact) mass is 355 g/mol. The van der Waals surface area contributed by atoms with E-state index in [0.29, 0.717) is 22.3 Å². The second-order valence-electron chi connectivity index (χ2n) is 6.58. The summed E-state index contributed by atoms with van der Waals surface area (Å²) in [5.41, 5.74) is 0.651. The quantitative estimate of drug-likeness (QED) is 0.879. The molecule has 1 aliphatic heterocycles. The molecule has 126 valence electrons. The van der Waals surface area contributed by atoms with E-state index in [0.717, 1.165) is 38.5 Å². The van der Waals surface area contributed by atoms with Crippen molar-refractivity contribution in [1.29, 1.82) is 0 Å². The Hall–Kier alpha value is -0.810. The fraction of sp³-hybridized carbons (Fsp3) is 0.588. The molecule has 1 N–H and O–H groups in total. The molecule has 0 unspecified atom stereocenters. The van der Waals surface area contributed by atoms with Gasteiger partial charge >= 0.3 is 0 Å². The Balaban J connectivity index is 1.47. The summed E-state index contributed by atoms with van der Waals surface area (Å²) >= 11 is 11.9. The Morgan fingerprint density at radius 2 is 1.70 bits per heavy atom. The van der Waals surface area contributed by atoms with E-state index in [1.807, 2.05) is 0 Å². The van der Waals surface area contributed by atoms with Gasteiger partial charge in [0.1, 0.15) is 0 Å². The maximum Gasteiger partial charge on any atom is 0.238 e. The standard InChI is InChI=1S/C17H23Cl2N3O/c18-14-8-15(19)10-16(9-14)20-17(23)12-22-5-1-4-21(6-7-22)11-13-2-3-13/h8-10,13H,1-7,11-12H2,(H,20,23). The van der Waals surface area contributed by atoms with E-state index in [4.69, 9.17) is 23.2 Å². The van der Waals surface area contributed by atoms with Crippen molar-refractivity contribution in [2.45, 2.75) is 19.3 Å². The Morgan fingerprint density at radius 3 is 2.39 bits per heavy atom. The van der Waals surface area contributed by atoms with Gasteiger partial charge in [0.15, 0.2) is 0 Å². The topological polar surface area (TPSA) is 35.6 Å². The first-order chi connectivity index (χ1) is 11.1. The summed E-state index contributed by atoms with van der Waals surface area (Å²) in [6.07, 6.45) is 3.92. The molecule has 1 heterocycles. The Morgan fingerprint density at radius 1 is 1.04 bits per heavy atom. The predicted molar refractivity (Wildman–Crippen MR) is 95.3 cm³/mol. The zero-order chi connectivity index (χ0) is 16.2. The molecule has 1 saturated carbocycles. The lowest BCUT2D eigenvalue weighted by Crippen LogP contribution is -2.36. The third-order valence-electron chi connectivity index (χ3n) is 4.41. The van der Waals surface area contributed by atoms with Crippen LogP contribution >= 0.6 is 23.2 Å². The fourth-order valence-electron chi connectivity index (χ4n) is 3.06. The molecule has 0 spiro atoms. The number of nitrogens with zero attached hydrogens (tertiary/aromatic N) is 2. The van der Waals surface area contributed by atoms with Gasteiger partial charge in [-0.3, -0.25) is 9.69 Å². The molecular formula is C17H23Cl2N3O. The van der Waals surface area contributed by atoms with Crippen molar-refractivity contribution in [3.63, 3.8) is 0 Å². The Bertz CT molecular complexity index is 543. The highest BCUT2D eigenvalue weighted by Gasteiger charge is 2.25. The van der Waals surface area contributed by atoms with Crippen LogP contribution in [0.15, 0.2) is 18.2 Å². The average molecular weight is 356 g/mol. The van der Waals surface area contributed by atoms with Gasteiger partial charge in [0.25, 0.3) is 0 Å². The smallest absolute Gasteiger partial charge is 0.238 e. The molecule has 0 bridgehead atoms. The number of carbonyl (C=O) groups is 1. The summed E-state index contributed by atoms with van der Waals surface area (Å²) in [6, 6.07) is 5.08. The molecule has 4 nitrogen and oxygen atoms in total. The van der Waals surface area contributed by atoms with Crippen LogP contribution in [0.25, 0.3) is 0 Å². The van der Waals surface area contributed by atoms with E-state index in [1.54, 1.807) is 18.2 Å². The van der Waals surface area contributed by atoms with Crippen LogP contribution in [0.5, 0.6) is 0 Å². The molecule has 0 radical (unpaired) electrons. The van der Waals surface area contributed by atoms with Crippen LogP contribution in [-0.4, -0.2) is 55.0 Å². The van der Waals surface area contributed by atoms with Crippen LogP contribution < -0.4 is 5.32 Å². The van der Waals surface area contributed by atoms with Crippen molar-refractivity contribution in [1.82, 2.24) is 9.80 Å². The molecular weight excluding hydrogens is 333 g/mol. The zero-order valence-corrected chi connectivity index (χ0v) is 14.7. The van der Waals surface area contributed by atoms with Crippen molar-refractivity contribution in [2.75, 3.05) is 44.6 Å². The summed E-state index contributed by atoms with van der Waals surface area (Å²) in [6.45, 7) is 5.80. The van der Waals surface area contributed by atoms with Gasteiger partial charge in [-0.25, -0.2) is 0 Å². The lowest BCUT2D eigenvalue weighted by atomic mass is 10.3. The van der Waals surface area contributed by atoms with Gasteiger partial charge in [0.2, 0.25) is 5.91 Å². The number of anilines is 1. The minimum absolute atomic E-state index is 0.0148. The van der Waals surface area contributed by atoms with E-state index < -0.39 is 0 Å². The highest BCUT2D eigenvalue weighted by atomic mass is 35.5. The van der Waals surface area contributed by atoms with E-state index in [1.165, 1.54) is 19.4 Å². The summed E-state index contributed by atoms with van der Waals surface area (Å²) in [5, 5.41) is 3.93. The molecule has 2 aliphatic rings. The summed E-state index contributed by atoms with van der Waals surface area (Å²) in [5.74, 6) is 0.913. The van der Waals surface area contributed by atoms with Crippen molar-refractivity contribution >= 4 is 34.8 Å². The number of carbonyl (C=O) groups excluding carboxylic acids is 1. The molecule has 23 heavy (non-hydrogen) atoms. The molecule has 1 amide bonds. The average Bonchev–Trinajstić information content (AvgIpc) is 3.27. The van der Waals surface area contributed by atoms with Gasteiger partial charge in [-0.05, 0) is 56.5 Å². The third kappa shape index (κ3) is 5.64. The lowest BCUT2D eigenvalue weighted by Gasteiger charge is -2.21. The second kappa shape index (κ2) is 7.84. The van der Waals surface area contributed by atoms with Gasteiger partial charge in [-0.1, -0.05) is 23.2 Å². The number of hydrogen-bond acceptors (Lipinski definition) is 3. The Labute approximate surface area is 147 Å². The lowest BCUT2D eigenvalue weighted by molar-refractivity contribution is -0.117. The first-order valence-electron chi connectivity index (χ1n) is 8.29. The van der Waals surface area contributed by atoms with Crippen LogP contribution in [0.1, 0.15) is 19.3 Å². The molecule has 1 aromatic rings. The van der Waals surface area contributed by atoms with E-state index in [2.05, 4.69) is 15.1 Å². The summed E-state index contributed by atoms with van der Waals surface area (Å²) in [7, 11) is 0. The van der Waals surface area contributed by atoms with Gasteiger partial charge in [0, 0.05) is 35.4 Å². The number of nitrogens with one attached hydrogen (secondary N) is 1. The minimum atomic E-state index is -0.0148. The van der Waals surface area contributed by atoms with Crippen LogP contribution in [0.3, 0.4) is 0 Å². The van der Waals surface area contributed by atoms with Gasteiger partial charge in [-0.15, -0.1) is 0 Å². The molecule has 0 aromatic heterocycles. The first-order valence-corrected chi connectivity index (χ1v) is 9.05. The zero-order valence-electron chi connectivity index (χ0n) is 13.2. The SMILES string of the molecule is O=C(CN1CCCN(CC2CC2)CC1)Nc1cc(Cl)cc(Cl)c1. The summed E-state index contributed by atoms with van der Waals surface area (Å²) in [4.78, 5) is 17.0. The third-order valence-corrected chi connectivity index (χ3v) is 4.84. The molecule has 0 atom stereocenters. The summed E-state index contributed by atoms with van der Waals surface area (Å²) < 4.78 is 0. The van der Waals surface area contributed by atoms with Crippen molar-refractivity contribution in [3.8, 4) is 0 Å². The van der Waals surface area contributed by atoms with Crippen molar-refractivity contribution < 1.29 is 4.79 Å². The highest BCUT2D eigenvalue weighted by Crippen LogP contribution is 2.30. The number of amides is 1. The molecule has 1 aliphatic carbocycles. The maximum atomic E-state index is 12.2. The van der Waals surface area contributed by atoms with Crippen molar-refractivity contribution in [2.24, 2.45) is 5.92 Å². The van der Waals surface area contributed by atoms with Crippen molar-refractivity contribution in [3.05, 3.63) is 28.2 Å². The number of hydrogen-bond donors (Lipinski definition) is 1. The van der Waals surface area contributed by atoms with E-state index >= 15 is 0 Å². The van der Waals surface area contributed by atoms with Gasteiger partial charge < -0.3 is 10.2 Å². The Kier molecular flexibility index (Phi) is 5.81. The first kappa shape index (κ1) is 17.0.